The summed E-state index contributed by atoms with van der Waals surface area (Å²) in [6.07, 6.45) is 5.38. The summed E-state index contributed by atoms with van der Waals surface area (Å²) < 4.78 is 16.1. The van der Waals surface area contributed by atoms with Gasteiger partial charge in [0.1, 0.15) is 17.7 Å². The van der Waals surface area contributed by atoms with Gasteiger partial charge in [-0.25, -0.2) is 0 Å². The molecule has 0 amide bonds. The number of hydrogen-bond acceptors (Lipinski definition) is 6. The summed E-state index contributed by atoms with van der Waals surface area (Å²) in [7, 11) is 0. The monoisotopic (exact) mass is 343 g/mol. The molecule has 0 aliphatic heterocycles. The highest BCUT2D eigenvalue weighted by molar-refractivity contribution is 7.10. The Morgan fingerprint density at radius 1 is 1.25 bits per heavy atom. The lowest BCUT2D eigenvalue weighted by Crippen LogP contribution is -2.33. The van der Waals surface area contributed by atoms with Gasteiger partial charge in [0, 0.05) is 10.9 Å². The van der Waals surface area contributed by atoms with Gasteiger partial charge >= 0.3 is 5.97 Å². The highest BCUT2D eigenvalue weighted by Gasteiger charge is 2.45. The van der Waals surface area contributed by atoms with Gasteiger partial charge in [0.25, 0.3) is 0 Å². The third kappa shape index (κ3) is 2.67. The van der Waals surface area contributed by atoms with E-state index in [9.17, 15) is 4.79 Å². The lowest BCUT2D eigenvalue weighted by molar-refractivity contribution is -0.152. The summed E-state index contributed by atoms with van der Waals surface area (Å²) in [5, 5.41) is 5.96. The van der Waals surface area contributed by atoms with E-state index >= 15 is 0 Å². The van der Waals surface area contributed by atoms with E-state index in [0.29, 0.717) is 17.2 Å². The number of hydrogen-bond donors (Lipinski definition) is 0. The molecule has 0 saturated heterocycles. The number of carbonyl (C=O) groups excluding carboxylic acids is 1. The predicted molar refractivity (Wildman–Crippen MR) is 88.5 cm³/mol. The zero-order chi connectivity index (χ0) is 16.4. The van der Waals surface area contributed by atoms with Gasteiger partial charge in [-0.1, -0.05) is 24.1 Å². The van der Waals surface area contributed by atoms with Gasteiger partial charge in [-0.3, -0.25) is 4.79 Å². The Morgan fingerprint density at radius 2 is 2.12 bits per heavy atom. The molecule has 0 aromatic carbocycles. The third-order valence-electron chi connectivity index (χ3n) is 4.51. The summed E-state index contributed by atoms with van der Waals surface area (Å²) in [6.45, 7) is 0.107. The van der Waals surface area contributed by atoms with Gasteiger partial charge in [-0.2, -0.15) is 0 Å². The lowest BCUT2D eigenvalue weighted by Gasteiger charge is -2.25. The third-order valence-corrected chi connectivity index (χ3v) is 5.59. The van der Waals surface area contributed by atoms with E-state index < -0.39 is 5.41 Å². The Bertz CT molecular complexity index is 798. The van der Waals surface area contributed by atoms with E-state index in [1.54, 1.807) is 35.8 Å². The fourth-order valence-corrected chi connectivity index (χ4v) is 4.25. The van der Waals surface area contributed by atoms with Crippen LogP contribution >= 0.6 is 11.3 Å². The summed E-state index contributed by atoms with van der Waals surface area (Å²) in [4.78, 5) is 13.9. The summed E-state index contributed by atoms with van der Waals surface area (Å²) in [5.74, 6) is 0.968. The smallest absolute Gasteiger partial charge is 0.317 e. The van der Waals surface area contributed by atoms with E-state index in [1.165, 1.54) is 0 Å². The molecule has 0 radical (unpaired) electrons. The number of nitrogens with zero attached hydrogens (tertiary/aromatic N) is 1. The molecule has 1 aliphatic carbocycles. The van der Waals surface area contributed by atoms with Gasteiger partial charge in [0.2, 0.25) is 5.76 Å². The van der Waals surface area contributed by atoms with Crippen LogP contribution in [0.5, 0.6) is 0 Å². The molecule has 3 aromatic heterocycles. The van der Waals surface area contributed by atoms with E-state index in [1.807, 2.05) is 17.5 Å². The van der Waals surface area contributed by atoms with Crippen molar-refractivity contribution in [3.63, 3.8) is 0 Å². The van der Waals surface area contributed by atoms with Gasteiger partial charge < -0.3 is 13.7 Å². The first-order valence-electron chi connectivity index (χ1n) is 7.99. The Balaban J connectivity index is 1.46. The van der Waals surface area contributed by atoms with Crippen molar-refractivity contribution in [2.45, 2.75) is 37.7 Å². The molecule has 3 aromatic rings. The largest absolute Gasteiger partial charge is 0.461 e. The van der Waals surface area contributed by atoms with Crippen molar-refractivity contribution < 1.29 is 18.5 Å². The first-order valence-corrected chi connectivity index (χ1v) is 8.87. The fraction of sp³-hybridized carbons (Fsp3) is 0.333. The molecule has 24 heavy (non-hydrogen) atoms. The number of rotatable bonds is 5. The quantitative estimate of drug-likeness (QED) is 0.636. The zero-order valence-electron chi connectivity index (χ0n) is 13.1. The topological polar surface area (TPSA) is 65.5 Å². The average molecular weight is 343 g/mol. The SMILES string of the molecule is O=C(OCc1cc(-c2ccco2)on1)C1(c2cccs2)CCCC1. The van der Waals surface area contributed by atoms with Gasteiger partial charge in [-0.15, -0.1) is 11.3 Å². The molecule has 6 heteroatoms. The Kier molecular flexibility index (Phi) is 3.98. The molecule has 5 nitrogen and oxygen atoms in total. The van der Waals surface area contributed by atoms with E-state index in [4.69, 9.17) is 13.7 Å². The second-order valence-corrected chi connectivity index (χ2v) is 6.95. The molecule has 1 fully saturated rings. The van der Waals surface area contributed by atoms with Crippen LogP contribution in [-0.4, -0.2) is 11.1 Å². The number of furan rings is 1. The standard InChI is InChI=1S/C18H17NO4S/c20-17(18(7-1-2-8-18)16-6-4-10-24-16)22-12-13-11-15(23-19-13)14-5-3-9-21-14/h3-6,9-11H,1-2,7-8,12H2. The van der Waals surface area contributed by atoms with Crippen LogP contribution in [0.2, 0.25) is 0 Å². The Hall–Kier alpha value is -2.34. The lowest BCUT2D eigenvalue weighted by atomic mass is 9.84. The first kappa shape index (κ1) is 15.2. The van der Waals surface area contributed by atoms with Crippen molar-refractivity contribution in [1.29, 1.82) is 0 Å². The molecule has 0 unspecified atom stereocenters. The first-order chi connectivity index (χ1) is 11.8. The van der Waals surface area contributed by atoms with Crippen molar-refractivity contribution in [2.24, 2.45) is 0 Å². The van der Waals surface area contributed by atoms with E-state index in [0.717, 1.165) is 30.6 Å². The Labute approximate surface area is 143 Å². The van der Waals surface area contributed by atoms with Crippen LogP contribution in [0.25, 0.3) is 11.5 Å². The zero-order valence-corrected chi connectivity index (χ0v) is 13.9. The van der Waals surface area contributed by atoms with Crippen molar-refractivity contribution in [3.05, 3.63) is 52.5 Å². The summed E-state index contributed by atoms with van der Waals surface area (Å²) in [5.41, 5.74) is 0.0935. The second-order valence-electron chi connectivity index (χ2n) is 6.00. The molecule has 0 atom stereocenters. The van der Waals surface area contributed by atoms with Crippen molar-refractivity contribution in [2.75, 3.05) is 0 Å². The second kappa shape index (κ2) is 6.28. The highest BCUT2D eigenvalue weighted by atomic mass is 32.1. The molecule has 1 saturated carbocycles. The molecule has 0 spiro atoms. The molecular formula is C18H17NO4S. The van der Waals surface area contributed by atoms with Gasteiger partial charge in [-0.05, 0) is 36.4 Å². The van der Waals surface area contributed by atoms with Crippen molar-refractivity contribution in [1.82, 2.24) is 5.16 Å². The minimum absolute atomic E-state index is 0.107. The number of aromatic nitrogens is 1. The summed E-state index contributed by atoms with van der Waals surface area (Å²) in [6, 6.07) is 9.32. The van der Waals surface area contributed by atoms with Crippen LogP contribution in [0.3, 0.4) is 0 Å². The maximum absolute atomic E-state index is 12.8. The van der Waals surface area contributed by atoms with Crippen LogP contribution in [0.4, 0.5) is 0 Å². The molecule has 124 valence electrons. The van der Waals surface area contributed by atoms with E-state index in [-0.39, 0.29) is 12.6 Å². The molecule has 0 bridgehead atoms. The minimum Gasteiger partial charge on any atom is -0.461 e. The van der Waals surface area contributed by atoms with Crippen molar-refractivity contribution >= 4 is 17.3 Å². The highest BCUT2D eigenvalue weighted by Crippen LogP contribution is 2.44. The predicted octanol–water partition coefficient (Wildman–Crippen LogP) is 4.55. The van der Waals surface area contributed by atoms with Crippen LogP contribution in [0.1, 0.15) is 36.3 Å². The van der Waals surface area contributed by atoms with Crippen molar-refractivity contribution in [3.8, 4) is 11.5 Å². The number of esters is 1. The minimum atomic E-state index is -0.484. The van der Waals surface area contributed by atoms with Gasteiger partial charge in [0.15, 0.2) is 5.76 Å². The molecule has 3 heterocycles. The molecular weight excluding hydrogens is 326 g/mol. The van der Waals surface area contributed by atoms with Crippen LogP contribution < -0.4 is 0 Å². The normalized spacial score (nSPS) is 16.3. The number of ether oxygens (including phenoxy) is 1. The van der Waals surface area contributed by atoms with E-state index in [2.05, 4.69) is 5.16 Å². The maximum Gasteiger partial charge on any atom is 0.317 e. The molecule has 0 N–H and O–H groups in total. The fourth-order valence-electron chi connectivity index (χ4n) is 3.27. The van der Waals surface area contributed by atoms with Crippen LogP contribution in [0, 0.1) is 0 Å². The average Bonchev–Trinajstić information content (AvgIpc) is 3.41. The number of thiophene rings is 1. The molecule has 1 aliphatic rings. The maximum atomic E-state index is 12.8. The van der Waals surface area contributed by atoms with Crippen LogP contribution in [-0.2, 0) is 21.6 Å². The molecule has 4 rings (SSSR count). The summed E-state index contributed by atoms with van der Waals surface area (Å²) >= 11 is 1.62. The van der Waals surface area contributed by atoms with Gasteiger partial charge in [0.05, 0.1) is 6.26 Å². The van der Waals surface area contributed by atoms with Crippen LogP contribution in [0.15, 0.2) is 50.9 Å². The number of carbonyl (C=O) groups is 1. The Morgan fingerprint density at radius 3 is 2.83 bits per heavy atom.